The highest BCUT2D eigenvalue weighted by atomic mass is 15.1. The first-order valence-electron chi connectivity index (χ1n) is 4.51. The molecule has 1 rings (SSSR count). The highest BCUT2D eigenvalue weighted by molar-refractivity contribution is 4.69. The van der Waals surface area contributed by atoms with Crippen molar-refractivity contribution < 1.29 is 0 Å². The van der Waals surface area contributed by atoms with E-state index in [0.717, 1.165) is 0 Å². The third kappa shape index (κ3) is 2.70. The normalized spacial score (nSPS) is 22.5. The Morgan fingerprint density at radius 3 is 2.20 bits per heavy atom. The van der Waals surface area contributed by atoms with Crippen LogP contribution in [0.2, 0.25) is 0 Å². The van der Waals surface area contributed by atoms with Crippen LogP contribution in [0.1, 0.15) is 39.0 Å². The third-order valence-electron chi connectivity index (χ3n) is 2.08. The van der Waals surface area contributed by atoms with Crippen LogP contribution in [0, 0.1) is 6.54 Å². The zero-order valence-corrected chi connectivity index (χ0v) is 6.97. The Morgan fingerprint density at radius 2 is 1.70 bits per heavy atom. The van der Waals surface area contributed by atoms with Crippen molar-refractivity contribution in [2.75, 3.05) is 13.1 Å². The molecule has 0 amide bonds. The maximum atomic E-state index is 2.48. The van der Waals surface area contributed by atoms with Crippen LogP contribution < -0.4 is 0 Å². The second kappa shape index (κ2) is 4.73. The van der Waals surface area contributed by atoms with Crippen molar-refractivity contribution in [1.29, 1.82) is 0 Å². The molecule has 1 heteroatoms. The summed E-state index contributed by atoms with van der Waals surface area (Å²) in [6.45, 7) is 7.15. The molecule has 10 heavy (non-hydrogen) atoms. The van der Waals surface area contributed by atoms with Crippen LogP contribution in [-0.2, 0) is 0 Å². The van der Waals surface area contributed by atoms with Gasteiger partial charge in [0.25, 0.3) is 0 Å². The molecule has 1 saturated heterocycles. The number of rotatable bonds is 2. The van der Waals surface area contributed by atoms with E-state index in [2.05, 4.69) is 18.4 Å². The maximum Gasteiger partial charge on any atom is 0.0248 e. The second-order valence-electron chi connectivity index (χ2n) is 3.04. The average molecular weight is 140 g/mol. The molecule has 0 unspecified atom stereocenters. The second-order valence-corrected chi connectivity index (χ2v) is 3.04. The lowest BCUT2D eigenvalue weighted by Crippen LogP contribution is -2.20. The van der Waals surface area contributed by atoms with E-state index in [1.807, 2.05) is 0 Å². The number of hydrogen-bond donors (Lipinski definition) is 0. The van der Waals surface area contributed by atoms with Crippen molar-refractivity contribution in [3.05, 3.63) is 6.54 Å². The topological polar surface area (TPSA) is 3.24 Å². The molecule has 0 bridgehead atoms. The molecule has 0 aromatic rings. The van der Waals surface area contributed by atoms with Crippen molar-refractivity contribution in [2.45, 2.75) is 39.0 Å². The molecular formula is C9H18N. The lowest BCUT2D eigenvalue weighted by atomic mass is 10.2. The Bertz CT molecular complexity index is 72.8. The van der Waals surface area contributed by atoms with Gasteiger partial charge >= 0.3 is 0 Å². The Hall–Kier alpha value is -0.0400. The smallest absolute Gasteiger partial charge is 0.0248 e. The summed E-state index contributed by atoms with van der Waals surface area (Å²) in [6, 6.07) is 0. The van der Waals surface area contributed by atoms with Crippen LogP contribution in [0.25, 0.3) is 0 Å². The molecular weight excluding hydrogens is 122 g/mol. The maximum absolute atomic E-state index is 2.48. The first-order chi connectivity index (χ1) is 4.93. The predicted octanol–water partition coefficient (Wildman–Crippen LogP) is 2.43. The van der Waals surface area contributed by atoms with E-state index < -0.39 is 0 Å². The van der Waals surface area contributed by atoms with Gasteiger partial charge in [0.1, 0.15) is 0 Å². The van der Waals surface area contributed by atoms with E-state index in [-0.39, 0.29) is 0 Å². The SMILES string of the molecule is CC[CH]N1CCCCCC1. The monoisotopic (exact) mass is 140 g/mol. The molecule has 1 fully saturated rings. The minimum atomic E-state index is 1.19. The fourth-order valence-corrected chi connectivity index (χ4v) is 1.54. The zero-order valence-electron chi connectivity index (χ0n) is 6.97. The Kier molecular flexibility index (Phi) is 3.81. The van der Waals surface area contributed by atoms with Gasteiger partial charge in [0.2, 0.25) is 0 Å². The Morgan fingerprint density at radius 1 is 1.10 bits per heavy atom. The van der Waals surface area contributed by atoms with Gasteiger partial charge in [-0.1, -0.05) is 19.8 Å². The van der Waals surface area contributed by atoms with Crippen molar-refractivity contribution in [2.24, 2.45) is 0 Å². The largest absolute Gasteiger partial charge is 0.299 e. The summed E-state index contributed by atoms with van der Waals surface area (Å²) in [7, 11) is 0. The van der Waals surface area contributed by atoms with Crippen molar-refractivity contribution >= 4 is 0 Å². The Labute approximate surface area is 64.4 Å². The number of hydrogen-bond acceptors (Lipinski definition) is 1. The summed E-state index contributed by atoms with van der Waals surface area (Å²) in [4.78, 5) is 2.48. The fourth-order valence-electron chi connectivity index (χ4n) is 1.54. The molecule has 0 atom stereocenters. The van der Waals surface area contributed by atoms with Gasteiger partial charge in [0.05, 0.1) is 0 Å². The van der Waals surface area contributed by atoms with Crippen LogP contribution in [0.4, 0.5) is 0 Å². The van der Waals surface area contributed by atoms with Crippen LogP contribution >= 0.6 is 0 Å². The number of nitrogens with zero attached hydrogens (tertiary/aromatic N) is 1. The lowest BCUT2D eigenvalue weighted by Gasteiger charge is -2.17. The van der Waals surface area contributed by atoms with Gasteiger partial charge in [0, 0.05) is 6.54 Å². The van der Waals surface area contributed by atoms with Gasteiger partial charge in [-0.15, -0.1) is 0 Å². The van der Waals surface area contributed by atoms with E-state index in [1.165, 1.54) is 45.2 Å². The van der Waals surface area contributed by atoms with Gasteiger partial charge in [-0.05, 0) is 32.4 Å². The van der Waals surface area contributed by atoms with Crippen LogP contribution in [0.3, 0.4) is 0 Å². The van der Waals surface area contributed by atoms with E-state index in [4.69, 9.17) is 0 Å². The predicted molar refractivity (Wildman–Crippen MR) is 44.6 cm³/mol. The summed E-state index contributed by atoms with van der Waals surface area (Å²) >= 11 is 0. The number of likely N-dealkylation sites (tertiary alicyclic amines) is 1. The average Bonchev–Trinajstić information content (AvgIpc) is 2.17. The highest BCUT2D eigenvalue weighted by Crippen LogP contribution is 2.11. The molecule has 0 saturated carbocycles. The molecule has 0 spiro atoms. The van der Waals surface area contributed by atoms with Crippen molar-refractivity contribution in [1.82, 2.24) is 4.90 Å². The molecule has 1 nitrogen and oxygen atoms in total. The Balaban J connectivity index is 2.15. The molecule has 1 radical (unpaired) electrons. The van der Waals surface area contributed by atoms with E-state index in [9.17, 15) is 0 Å². The molecule has 0 aromatic heterocycles. The minimum absolute atomic E-state index is 1.19. The summed E-state index contributed by atoms with van der Waals surface area (Å²) < 4.78 is 0. The van der Waals surface area contributed by atoms with Crippen molar-refractivity contribution in [3.63, 3.8) is 0 Å². The molecule has 0 aromatic carbocycles. The summed E-state index contributed by atoms with van der Waals surface area (Å²) in [6.07, 6.45) is 6.87. The van der Waals surface area contributed by atoms with Crippen LogP contribution in [0.5, 0.6) is 0 Å². The molecule has 59 valence electrons. The quantitative estimate of drug-likeness (QED) is 0.569. The zero-order chi connectivity index (χ0) is 7.23. The van der Waals surface area contributed by atoms with Gasteiger partial charge in [-0.25, -0.2) is 0 Å². The first-order valence-corrected chi connectivity index (χ1v) is 4.51. The molecule has 1 heterocycles. The fraction of sp³-hybridized carbons (Fsp3) is 0.889. The molecule has 1 aliphatic heterocycles. The van der Waals surface area contributed by atoms with Gasteiger partial charge in [-0.3, -0.25) is 4.90 Å². The summed E-state index contributed by atoms with van der Waals surface area (Å²) in [5.41, 5.74) is 0. The lowest BCUT2D eigenvalue weighted by molar-refractivity contribution is 0.340. The molecule has 0 aliphatic carbocycles. The van der Waals surface area contributed by atoms with Gasteiger partial charge in [-0.2, -0.15) is 0 Å². The van der Waals surface area contributed by atoms with Gasteiger partial charge < -0.3 is 0 Å². The van der Waals surface area contributed by atoms with Crippen molar-refractivity contribution in [3.8, 4) is 0 Å². The van der Waals surface area contributed by atoms with Gasteiger partial charge in [0.15, 0.2) is 0 Å². The van der Waals surface area contributed by atoms with E-state index in [1.54, 1.807) is 0 Å². The summed E-state index contributed by atoms with van der Waals surface area (Å²) in [5, 5.41) is 0. The van der Waals surface area contributed by atoms with Crippen LogP contribution in [0.15, 0.2) is 0 Å². The van der Waals surface area contributed by atoms with E-state index >= 15 is 0 Å². The van der Waals surface area contributed by atoms with Crippen LogP contribution in [-0.4, -0.2) is 18.0 Å². The molecule has 1 aliphatic rings. The first kappa shape index (κ1) is 8.06. The minimum Gasteiger partial charge on any atom is -0.299 e. The highest BCUT2D eigenvalue weighted by Gasteiger charge is 2.06. The van der Waals surface area contributed by atoms with E-state index in [0.29, 0.717) is 0 Å². The molecule has 0 N–H and O–H groups in total. The summed E-state index contributed by atoms with van der Waals surface area (Å²) in [5.74, 6) is 0. The third-order valence-corrected chi connectivity index (χ3v) is 2.08. The standard InChI is InChI=1S/C9H18N/c1-2-7-10-8-5-3-4-6-9-10/h7H,2-6,8-9H2,1H3.